The molecule has 1 fully saturated rings. The molecule has 1 aliphatic heterocycles. The second-order valence-electron chi connectivity index (χ2n) is 6.13. The highest BCUT2D eigenvalue weighted by atomic mass is 16.3. The van der Waals surface area contributed by atoms with Crippen molar-refractivity contribution < 1.29 is 9.21 Å². The molecule has 6 nitrogen and oxygen atoms in total. The van der Waals surface area contributed by atoms with Crippen LogP contribution in [0.5, 0.6) is 0 Å². The van der Waals surface area contributed by atoms with Crippen LogP contribution in [0.15, 0.2) is 27.8 Å². The number of hydrogen-bond donors (Lipinski definition) is 1. The first-order valence-corrected chi connectivity index (χ1v) is 9.05. The average molecular weight is 334 g/mol. The van der Waals surface area contributed by atoms with Gasteiger partial charge in [-0.2, -0.15) is 0 Å². The molecule has 134 valence electrons. The number of guanidine groups is 1. The Labute approximate surface area is 144 Å². The van der Waals surface area contributed by atoms with Gasteiger partial charge in [0, 0.05) is 39.3 Å². The molecule has 1 saturated heterocycles. The van der Waals surface area contributed by atoms with Crippen LogP contribution in [0.25, 0.3) is 0 Å². The van der Waals surface area contributed by atoms with E-state index in [0.29, 0.717) is 24.8 Å². The number of amides is 1. The Bertz CT molecular complexity index is 515. The van der Waals surface area contributed by atoms with Crippen LogP contribution in [-0.4, -0.2) is 60.9 Å². The summed E-state index contributed by atoms with van der Waals surface area (Å²) in [4.78, 5) is 21.2. The third-order valence-corrected chi connectivity index (χ3v) is 4.59. The molecule has 0 aliphatic carbocycles. The minimum absolute atomic E-state index is 0.0291. The number of piperazine rings is 1. The van der Waals surface area contributed by atoms with Gasteiger partial charge >= 0.3 is 0 Å². The number of hydrogen-bond acceptors (Lipinski definition) is 3. The van der Waals surface area contributed by atoms with Gasteiger partial charge in [0.1, 0.15) is 0 Å². The maximum atomic E-state index is 12.3. The van der Waals surface area contributed by atoms with E-state index in [9.17, 15) is 4.79 Å². The van der Waals surface area contributed by atoms with Gasteiger partial charge in [-0.1, -0.05) is 26.7 Å². The van der Waals surface area contributed by atoms with Gasteiger partial charge in [0.25, 0.3) is 5.91 Å². The number of aliphatic imine (C=N–C) groups is 1. The zero-order chi connectivity index (χ0) is 17.4. The zero-order valence-corrected chi connectivity index (χ0v) is 15.1. The Balaban J connectivity index is 1.92. The van der Waals surface area contributed by atoms with Crippen molar-refractivity contribution in [1.29, 1.82) is 0 Å². The first-order valence-electron chi connectivity index (χ1n) is 9.05. The van der Waals surface area contributed by atoms with Gasteiger partial charge in [-0.05, 0) is 25.0 Å². The van der Waals surface area contributed by atoms with E-state index in [-0.39, 0.29) is 5.91 Å². The fraction of sp³-hybridized carbons (Fsp3) is 0.667. The molecule has 1 N–H and O–H groups in total. The molecule has 0 saturated carbocycles. The van der Waals surface area contributed by atoms with Crippen molar-refractivity contribution in [1.82, 2.24) is 15.1 Å². The van der Waals surface area contributed by atoms with E-state index in [4.69, 9.17) is 9.41 Å². The van der Waals surface area contributed by atoms with Gasteiger partial charge in [0.05, 0.1) is 6.26 Å². The molecule has 1 aliphatic rings. The molecule has 2 heterocycles. The van der Waals surface area contributed by atoms with E-state index < -0.39 is 0 Å². The summed E-state index contributed by atoms with van der Waals surface area (Å²) in [5.41, 5.74) is 0. The summed E-state index contributed by atoms with van der Waals surface area (Å²) in [6.45, 7) is 11.2. The predicted octanol–water partition coefficient (Wildman–Crippen LogP) is 2.44. The molecule has 0 unspecified atom stereocenters. The van der Waals surface area contributed by atoms with Crippen LogP contribution in [-0.2, 0) is 0 Å². The van der Waals surface area contributed by atoms with Crippen LogP contribution in [0.3, 0.4) is 0 Å². The fourth-order valence-electron chi connectivity index (χ4n) is 2.87. The lowest BCUT2D eigenvalue weighted by Gasteiger charge is -2.36. The summed E-state index contributed by atoms with van der Waals surface area (Å²) in [5, 5.41) is 3.38. The number of nitrogens with one attached hydrogen (secondary N) is 1. The number of rotatable bonds is 6. The van der Waals surface area contributed by atoms with Gasteiger partial charge in [0.15, 0.2) is 11.7 Å². The van der Waals surface area contributed by atoms with E-state index in [1.807, 2.05) is 4.90 Å². The van der Waals surface area contributed by atoms with Crippen molar-refractivity contribution in [3.8, 4) is 0 Å². The van der Waals surface area contributed by atoms with Gasteiger partial charge in [0.2, 0.25) is 0 Å². The van der Waals surface area contributed by atoms with Crippen LogP contribution in [0.4, 0.5) is 0 Å². The van der Waals surface area contributed by atoms with Crippen LogP contribution in [0.2, 0.25) is 0 Å². The highest BCUT2D eigenvalue weighted by molar-refractivity contribution is 5.91. The van der Waals surface area contributed by atoms with Gasteiger partial charge in [-0.15, -0.1) is 0 Å². The van der Waals surface area contributed by atoms with Crippen molar-refractivity contribution in [2.24, 2.45) is 10.9 Å². The lowest BCUT2D eigenvalue weighted by molar-refractivity contribution is 0.0657. The summed E-state index contributed by atoms with van der Waals surface area (Å²) >= 11 is 0. The van der Waals surface area contributed by atoms with Crippen molar-refractivity contribution in [3.63, 3.8) is 0 Å². The molecule has 0 spiro atoms. The molecule has 0 atom stereocenters. The molecule has 1 aromatic heterocycles. The number of furan rings is 1. The minimum atomic E-state index is -0.0291. The molecular weight excluding hydrogens is 304 g/mol. The van der Waals surface area contributed by atoms with Crippen LogP contribution in [0.1, 0.15) is 44.2 Å². The first kappa shape index (κ1) is 18.4. The Morgan fingerprint density at radius 1 is 1.21 bits per heavy atom. The number of carbonyl (C=O) groups excluding carboxylic acids is 1. The highest BCUT2D eigenvalue weighted by Crippen LogP contribution is 2.11. The molecule has 6 heteroatoms. The van der Waals surface area contributed by atoms with Gasteiger partial charge in [-0.3, -0.25) is 9.79 Å². The van der Waals surface area contributed by atoms with E-state index in [0.717, 1.165) is 45.0 Å². The summed E-state index contributed by atoms with van der Waals surface area (Å²) in [7, 11) is 0. The molecule has 0 radical (unpaired) electrons. The SMILES string of the molecule is CCNC(=NCC(CC)CC)N1CCN(C(=O)c2ccco2)CC1. The lowest BCUT2D eigenvalue weighted by atomic mass is 10.0. The summed E-state index contributed by atoms with van der Waals surface area (Å²) in [6, 6.07) is 3.47. The summed E-state index contributed by atoms with van der Waals surface area (Å²) in [6.07, 6.45) is 3.85. The predicted molar refractivity (Wildman–Crippen MR) is 96.2 cm³/mol. The van der Waals surface area contributed by atoms with E-state index in [2.05, 4.69) is 31.0 Å². The van der Waals surface area contributed by atoms with Crippen molar-refractivity contribution in [2.75, 3.05) is 39.3 Å². The van der Waals surface area contributed by atoms with E-state index >= 15 is 0 Å². The van der Waals surface area contributed by atoms with Crippen LogP contribution >= 0.6 is 0 Å². The molecule has 1 amide bonds. The second kappa shape index (κ2) is 9.35. The van der Waals surface area contributed by atoms with Crippen LogP contribution < -0.4 is 5.32 Å². The quantitative estimate of drug-likeness (QED) is 0.641. The molecule has 0 bridgehead atoms. The normalized spacial score (nSPS) is 15.9. The molecule has 2 rings (SSSR count). The van der Waals surface area contributed by atoms with Crippen molar-refractivity contribution in [2.45, 2.75) is 33.6 Å². The van der Waals surface area contributed by atoms with E-state index in [1.165, 1.54) is 6.26 Å². The van der Waals surface area contributed by atoms with Crippen LogP contribution in [0, 0.1) is 5.92 Å². The molecule has 1 aromatic rings. The summed E-state index contributed by atoms with van der Waals surface area (Å²) < 4.78 is 5.21. The van der Waals surface area contributed by atoms with Crippen molar-refractivity contribution in [3.05, 3.63) is 24.2 Å². The summed E-state index contributed by atoms with van der Waals surface area (Å²) in [5.74, 6) is 1.99. The van der Waals surface area contributed by atoms with Gasteiger partial charge < -0.3 is 19.5 Å². The van der Waals surface area contributed by atoms with E-state index in [1.54, 1.807) is 12.1 Å². The molecule has 0 aromatic carbocycles. The Morgan fingerprint density at radius 2 is 1.88 bits per heavy atom. The highest BCUT2D eigenvalue weighted by Gasteiger charge is 2.25. The third-order valence-electron chi connectivity index (χ3n) is 4.59. The second-order valence-corrected chi connectivity index (χ2v) is 6.13. The first-order chi connectivity index (χ1) is 11.7. The Kier molecular flexibility index (Phi) is 7.15. The fourth-order valence-corrected chi connectivity index (χ4v) is 2.87. The monoisotopic (exact) mass is 334 g/mol. The molecule has 24 heavy (non-hydrogen) atoms. The average Bonchev–Trinajstić information content (AvgIpc) is 3.16. The third kappa shape index (κ3) is 4.76. The minimum Gasteiger partial charge on any atom is -0.459 e. The smallest absolute Gasteiger partial charge is 0.289 e. The zero-order valence-electron chi connectivity index (χ0n) is 15.1. The topological polar surface area (TPSA) is 61.1 Å². The Morgan fingerprint density at radius 3 is 2.42 bits per heavy atom. The van der Waals surface area contributed by atoms with Gasteiger partial charge in [-0.25, -0.2) is 0 Å². The number of carbonyl (C=O) groups is 1. The maximum absolute atomic E-state index is 12.3. The largest absolute Gasteiger partial charge is 0.459 e. The lowest BCUT2D eigenvalue weighted by Crippen LogP contribution is -2.53. The Hall–Kier alpha value is -1.98. The maximum Gasteiger partial charge on any atom is 0.289 e. The van der Waals surface area contributed by atoms with Crippen molar-refractivity contribution >= 4 is 11.9 Å². The molecular formula is C18H30N4O2. The number of nitrogens with zero attached hydrogens (tertiary/aromatic N) is 3. The standard InChI is InChI=1S/C18H30N4O2/c1-4-15(5-2)14-20-18(19-6-3)22-11-9-21(10-12-22)17(23)16-8-7-13-24-16/h7-8,13,15H,4-6,9-12,14H2,1-3H3,(H,19,20).